The van der Waals surface area contributed by atoms with Gasteiger partial charge in [-0.15, -0.1) is 5.10 Å². The molecule has 4 nitrogen and oxygen atoms in total. The number of likely N-dealkylation sites (N-methyl/N-ethyl adjacent to an activating group) is 1. The van der Waals surface area contributed by atoms with Gasteiger partial charge in [0.05, 0.1) is 6.61 Å². The van der Waals surface area contributed by atoms with E-state index in [1.807, 2.05) is 5.38 Å². The zero-order chi connectivity index (χ0) is 9.80. The first-order valence-electron chi connectivity index (χ1n) is 4.75. The standard InChI is InChI=1S/C9H13N3OS/c1-2-10-9(7-6-14-12-11-7)8-4-3-5-13-8/h4,6,9-10H,2-3,5H2,1H3. The van der Waals surface area contributed by atoms with E-state index < -0.39 is 0 Å². The Hall–Kier alpha value is -0.940. The Morgan fingerprint density at radius 1 is 1.71 bits per heavy atom. The summed E-state index contributed by atoms with van der Waals surface area (Å²) < 4.78 is 9.39. The van der Waals surface area contributed by atoms with Crippen molar-refractivity contribution < 1.29 is 4.74 Å². The number of hydrogen-bond acceptors (Lipinski definition) is 5. The van der Waals surface area contributed by atoms with Crippen LogP contribution >= 0.6 is 11.5 Å². The molecule has 1 aliphatic heterocycles. The number of rotatable bonds is 4. The number of aromatic nitrogens is 2. The molecule has 0 bridgehead atoms. The summed E-state index contributed by atoms with van der Waals surface area (Å²) in [5, 5.41) is 9.36. The van der Waals surface area contributed by atoms with Crippen LogP contribution in [0.1, 0.15) is 25.1 Å². The van der Waals surface area contributed by atoms with Gasteiger partial charge in [-0.05, 0) is 24.2 Å². The minimum Gasteiger partial charge on any atom is -0.496 e. The molecule has 0 aliphatic carbocycles. The lowest BCUT2D eigenvalue weighted by atomic mass is 10.2. The molecule has 1 unspecified atom stereocenters. The summed E-state index contributed by atoms with van der Waals surface area (Å²) in [6, 6.07) is 0.0845. The largest absolute Gasteiger partial charge is 0.496 e. The maximum absolute atomic E-state index is 5.53. The first kappa shape index (κ1) is 9.61. The van der Waals surface area contributed by atoms with Gasteiger partial charge in [0.2, 0.25) is 0 Å². The van der Waals surface area contributed by atoms with Crippen LogP contribution in [0.4, 0.5) is 0 Å². The van der Waals surface area contributed by atoms with Crippen molar-refractivity contribution in [1.29, 1.82) is 0 Å². The molecule has 76 valence electrons. The lowest BCUT2D eigenvalue weighted by molar-refractivity contribution is 0.215. The van der Waals surface area contributed by atoms with Crippen molar-refractivity contribution in [3.63, 3.8) is 0 Å². The molecular weight excluding hydrogens is 198 g/mol. The Morgan fingerprint density at radius 3 is 3.21 bits per heavy atom. The molecule has 0 saturated carbocycles. The fourth-order valence-electron chi connectivity index (χ4n) is 1.49. The lowest BCUT2D eigenvalue weighted by Crippen LogP contribution is -2.23. The summed E-state index contributed by atoms with van der Waals surface area (Å²) in [4.78, 5) is 0. The monoisotopic (exact) mass is 211 g/mol. The van der Waals surface area contributed by atoms with Crippen LogP contribution in [0.5, 0.6) is 0 Å². The molecule has 2 rings (SSSR count). The minimum absolute atomic E-state index is 0.0845. The van der Waals surface area contributed by atoms with Crippen LogP contribution in [-0.2, 0) is 4.74 Å². The predicted octanol–water partition coefficient (Wildman–Crippen LogP) is 1.49. The Kier molecular flexibility index (Phi) is 3.10. The molecule has 14 heavy (non-hydrogen) atoms. The van der Waals surface area contributed by atoms with E-state index in [4.69, 9.17) is 4.74 Å². The summed E-state index contributed by atoms with van der Waals surface area (Å²) in [7, 11) is 0. The third-order valence-corrected chi connectivity index (χ3v) is 2.62. The third kappa shape index (κ3) is 1.93. The predicted molar refractivity (Wildman–Crippen MR) is 55.0 cm³/mol. The maximum Gasteiger partial charge on any atom is 0.115 e. The normalized spacial score (nSPS) is 17.6. The molecule has 1 aromatic rings. The summed E-state index contributed by atoms with van der Waals surface area (Å²) in [6.45, 7) is 3.75. The molecule has 0 amide bonds. The van der Waals surface area contributed by atoms with Crippen molar-refractivity contribution in [1.82, 2.24) is 14.9 Å². The second-order valence-corrected chi connectivity index (χ2v) is 3.67. The average Bonchev–Trinajstić information content (AvgIpc) is 2.87. The van der Waals surface area contributed by atoms with E-state index in [-0.39, 0.29) is 6.04 Å². The second-order valence-electron chi connectivity index (χ2n) is 3.06. The van der Waals surface area contributed by atoms with Gasteiger partial charge in [-0.1, -0.05) is 11.4 Å². The van der Waals surface area contributed by atoms with Crippen molar-refractivity contribution in [3.05, 3.63) is 22.9 Å². The maximum atomic E-state index is 5.53. The Labute approximate surface area is 87.1 Å². The van der Waals surface area contributed by atoms with Crippen LogP contribution in [0.15, 0.2) is 17.2 Å². The van der Waals surface area contributed by atoms with Crippen molar-refractivity contribution in [2.75, 3.05) is 13.2 Å². The molecule has 0 fully saturated rings. The summed E-state index contributed by atoms with van der Waals surface area (Å²) >= 11 is 1.37. The van der Waals surface area contributed by atoms with Gasteiger partial charge < -0.3 is 10.1 Å². The van der Waals surface area contributed by atoms with Gasteiger partial charge in [-0.2, -0.15) is 0 Å². The fourth-order valence-corrected chi connectivity index (χ4v) is 1.97. The highest BCUT2D eigenvalue weighted by Gasteiger charge is 2.21. The van der Waals surface area contributed by atoms with Crippen LogP contribution < -0.4 is 5.32 Å². The molecule has 5 heteroatoms. The SMILES string of the molecule is CCNC(C1=CCCO1)c1csnn1. The van der Waals surface area contributed by atoms with Gasteiger partial charge in [0.15, 0.2) is 0 Å². The van der Waals surface area contributed by atoms with Gasteiger partial charge >= 0.3 is 0 Å². The Balaban J connectivity index is 2.15. The zero-order valence-corrected chi connectivity index (χ0v) is 8.88. The summed E-state index contributed by atoms with van der Waals surface area (Å²) in [5.41, 5.74) is 0.949. The van der Waals surface area contributed by atoms with Crippen molar-refractivity contribution in [3.8, 4) is 0 Å². The Bertz CT molecular complexity index is 310. The van der Waals surface area contributed by atoms with Crippen molar-refractivity contribution in [2.45, 2.75) is 19.4 Å². The van der Waals surface area contributed by atoms with Gasteiger partial charge in [-0.25, -0.2) is 0 Å². The summed E-state index contributed by atoms with van der Waals surface area (Å²) in [6.07, 6.45) is 3.11. The van der Waals surface area contributed by atoms with Crippen molar-refractivity contribution in [2.24, 2.45) is 0 Å². The number of ether oxygens (including phenoxy) is 1. The number of nitrogens with zero attached hydrogens (tertiary/aromatic N) is 2. The van der Waals surface area contributed by atoms with E-state index in [0.29, 0.717) is 0 Å². The zero-order valence-electron chi connectivity index (χ0n) is 8.06. The molecule has 1 atom stereocenters. The molecule has 0 aromatic carbocycles. The third-order valence-electron chi connectivity index (χ3n) is 2.10. The first-order valence-corrected chi connectivity index (χ1v) is 5.58. The van der Waals surface area contributed by atoms with Gasteiger partial charge in [0.25, 0.3) is 0 Å². The molecule has 1 N–H and O–H groups in total. The highest BCUT2D eigenvalue weighted by Crippen LogP contribution is 2.25. The fraction of sp³-hybridized carbons (Fsp3) is 0.556. The van der Waals surface area contributed by atoms with Gasteiger partial charge in [0.1, 0.15) is 17.5 Å². The smallest absolute Gasteiger partial charge is 0.115 e. The summed E-state index contributed by atoms with van der Waals surface area (Å²) in [5.74, 6) is 0.986. The molecule has 0 spiro atoms. The minimum atomic E-state index is 0.0845. The van der Waals surface area contributed by atoms with Crippen LogP contribution in [0, 0.1) is 0 Å². The number of nitrogens with one attached hydrogen (secondary N) is 1. The molecule has 0 radical (unpaired) electrons. The highest BCUT2D eigenvalue weighted by molar-refractivity contribution is 7.03. The molecule has 1 aromatic heterocycles. The van der Waals surface area contributed by atoms with Crippen LogP contribution in [0.25, 0.3) is 0 Å². The van der Waals surface area contributed by atoms with E-state index in [0.717, 1.165) is 31.0 Å². The second kappa shape index (κ2) is 4.52. The van der Waals surface area contributed by atoms with Crippen molar-refractivity contribution >= 4 is 11.5 Å². The van der Waals surface area contributed by atoms with E-state index in [9.17, 15) is 0 Å². The van der Waals surface area contributed by atoms with E-state index in [1.165, 1.54) is 11.5 Å². The molecule has 2 heterocycles. The molecule has 0 saturated heterocycles. The van der Waals surface area contributed by atoms with E-state index in [1.54, 1.807) is 0 Å². The quantitative estimate of drug-likeness (QED) is 0.819. The molecule has 1 aliphatic rings. The first-order chi connectivity index (χ1) is 6.92. The van der Waals surface area contributed by atoms with Crippen LogP contribution in [-0.4, -0.2) is 22.7 Å². The highest BCUT2D eigenvalue weighted by atomic mass is 32.1. The van der Waals surface area contributed by atoms with Gasteiger partial charge in [-0.3, -0.25) is 0 Å². The number of hydrogen-bond donors (Lipinski definition) is 1. The van der Waals surface area contributed by atoms with Gasteiger partial charge in [0, 0.05) is 11.8 Å². The van der Waals surface area contributed by atoms with Crippen LogP contribution in [0.2, 0.25) is 0 Å². The van der Waals surface area contributed by atoms with Crippen LogP contribution in [0.3, 0.4) is 0 Å². The molecular formula is C9H13N3OS. The lowest BCUT2D eigenvalue weighted by Gasteiger charge is -2.16. The Morgan fingerprint density at radius 2 is 2.64 bits per heavy atom. The van der Waals surface area contributed by atoms with E-state index in [2.05, 4.69) is 27.9 Å². The van der Waals surface area contributed by atoms with E-state index >= 15 is 0 Å². The topological polar surface area (TPSA) is 47.0 Å². The average molecular weight is 211 g/mol.